The van der Waals surface area contributed by atoms with E-state index < -0.39 is 49.4 Å². The van der Waals surface area contributed by atoms with Crippen LogP contribution < -0.4 is 14.2 Å². The minimum Gasteiger partial charge on any atom is -0.609 e. The Hall–Kier alpha value is -4.64. The van der Waals surface area contributed by atoms with Gasteiger partial charge in [0, 0.05) is 34.6 Å². The Morgan fingerprint density at radius 2 is 1.58 bits per heavy atom. The zero-order valence-electron chi connectivity index (χ0n) is 28.1. The van der Waals surface area contributed by atoms with Crippen LogP contribution in [0.4, 0.5) is 0 Å². The van der Waals surface area contributed by atoms with Crippen LogP contribution in [0.5, 0.6) is 17.2 Å². The van der Waals surface area contributed by atoms with Crippen LogP contribution in [0.25, 0.3) is 11.0 Å². The van der Waals surface area contributed by atoms with Crippen LogP contribution in [0.15, 0.2) is 81.8 Å². The van der Waals surface area contributed by atoms with Crippen LogP contribution in [0.1, 0.15) is 32.7 Å². The molecular weight excluding hydrogens is 707 g/mol. The van der Waals surface area contributed by atoms with Crippen molar-refractivity contribution in [3.05, 3.63) is 94.8 Å². The molecule has 16 heteroatoms. The number of methoxy groups -OCH3 is 3. The largest absolute Gasteiger partial charge is 0.609 e. The lowest BCUT2D eigenvalue weighted by atomic mass is 10.1. The standard InChI is InChI=1S/C34H35N3O10S3/c1-21-7-10-25(11-8-21)49(40,41)16-15-47-33(38)27-18-26(12-14-31(27)45-5)50(42,43)37-30-13-9-24(44-4)17-28(30)36-34(37)48(39)20-29-23(3)32(46-6)22(2)19-35-29/h7-14,17-19H,15-16,20H2,1-6H3. The smallest absolute Gasteiger partial charge is 0.341 e. The zero-order chi connectivity index (χ0) is 36.4. The maximum Gasteiger partial charge on any atom is 0.341 e. The third-order valence-electron chi connectivity index (χ3n) is 7.91. The summed E-state index contributed by atoms with van der Waals surface area (Å²) < 4.78 is 90.5. The topological polar surface area (TPSA) is 176 Å². The lowest BCUT2D eigenvalue weighted by molar-refractivity contribution is 0.0525. The fourth-order valence-electron chi connectivity index (χ4n) is 5.22. The van der Waals surface area contributed by atoms with Gasteiger partial charge >= 0.3 is 11.1 Å². The van der Waals surface area contributed by atoms with Gasteiger partial charge in [-0.05, 0) is 63.2 Å². The molecule has 0 aliphatic carbocycles. The Kier molecular flexibility index (Phi) is 10.8. The van der Waals surface area contributed by atoms with Gasteiger partial charge in [-0.25, -0.2) is 21.6 Å². The quantitative estimate of drug-likeness (QED) is 0.122. The Morgan fingerprint density at radius 3 is 2.24 bits per heavy atom. The predicted molar refractivity (Wildman–Crippen MR) is 186 cm³/mol. The molecule has 5 aromatic rings. The molecule has 0 aliphatic heterocycles. The van der Waals surface area contributed by atoms with Crippen LogP contribution in [0.2, 0.25) is 0 Å². The molecule has 2 aromatic heterocycles. The van der Waals surface area contributed by atoms with E-state index >= 15 is 0 Å². The predicted octanol–water partition coefficient (Wildman–Crippen LogP) is 4.56. The molecule has 1 unspecified atom stereocenters. The fourth-order valence-corrected chi connectivity index (χ4v) is 9.38. The van der Waals surface area contributed by atoms with Crippen molar-refractivity contribution in [2.24, 2.45) is 0 Å². The summed E-state index contributed by atoms with van der Waals surface area (Å²) in [6, 6.07) is 14.4. The third-order valence-corrected chi connectivity index (χ3v) is 12.6. The molecule has 3 aromatic carbocycles. The van der Waals surface area contributed by atoms with Crippen LogP contribution in [0, 0.1) is 20.8 Å². The van der Waals surface area contributed by atoms with Gasteiger partial charge in [-0.1, -0.05) is 17.7 Å². The van der Waals surface area contributed by atoms with Gasteiger partial charge in [-0.2, -0.15) is 8.96 Å². The molecule has 0 radical (unpaired) electrons. The van der Waals surface area contributed by atoms with E-state index in [0.29, 0.717) is 22.8 Å². The van der Waals surface area contributed by atoms with E-state index in [0.717, 1.165) is 21.2 Å². The summed E-state index contributed by atoms with van der Waals surface area (Å²) >= 11 is -2.04. The molecule has 5 rings (SSSR count). The number of pyridine rings is 1. The molecule has 0 amide bonds. The number of hydrogen-bond donors (Lipinski definition) is 0. The summed E-state index contributed by atoms with van der Waals surface area (Å²) in [5.74, 6) is -0.710. The Bertz CT molecular complexity index is 2290. The number of carbonyl (C=O) groups is 1. The number of hydrogen-bond acceptors (Lipinski definition) is 12. The monoisotopic (exact) mass is 741 g/mol. The van der Waals surface area contributed by atoms with Gasteiger partial charge in [0.05, 0.1) is 53.6 Å². The Morgan fingerprint density at radius 1 is 0.880 bits per heavy atom. The fraction of sp³-hybridized carbons (Fsp3) is 0.265. The van der Waals surface area contributed by atoms with Crippen molar-refractivity contribution in [1.82, 2.24) is 13.9 Å². The van der Waals surface area contributed by atoms with Crippen LogP contribution >= 0.6 is 0 Å². The van der Waals surface area contributed by atoms with E-state index in [-0.39, 0.29) is 43.0 Å². The van der Waals surface area contributed by atoms with Crippen molar-refractivity contribution in [3.63, 3.8) is 0 Å². The number of imidazole rings is 1. The normalized spacial score (nSPS) is 12.5. The number of benzene rings is 3. The van der Waals surface area contributed by atoms with Crippen LogP contribution in [-0.2, 0) is 41.5 Å². The molecule has 0 saturated carbocycles. The minimum absolute atomic E-state index is 0.00534. The molecule has 0 spiro atoms. The maximum absolute atomic E-state index is 14.4. The molecule has 0 fully saturated rings. The number of aromatic nitrogens is 3. The highest BCUT2D eigenvalue weighted by atomic mass is 32.2. The van der Waals surface area contributed by atoms with Gasteiger partial charge < -0.3 is 23.5 Å². The van der Waals surface area contributed by atoms with Crippen LogP contribution in [0.3, 0.4) is 0 Å². The summed E-state index contributed by atoms with van der Waals surface area (Å²) in [5, 5.41) is -0.282. The van der Waals surface area contributed by atoms with Crippen molar-refractivity contribution in [2.75, 3.05) is 33.7 Å². The van der Waals surface area contributed by atoms with Gasteiger partial charge in [0.25, 0.3) is 10.0 Å². The van der Waals surface area contributed by atoms with E-state index in [1.165, 1.54) is 57.7 Å². The van der Waals surface area contributed by atoms with Crippen molar-refractivity contribution in [3.8, 4) is 17.2 Å². The Labute approximate surface area is 293 Å². The summed E-state index contributed by atoms with van der Waals surface area (Å²) in [4.78, 5) is 21.8. The zero-order valence-corrected chi connectivity index (χ0v) is 30.6. The first-order valence-corrected chi connectivity index (χ1v) is 19.5. The molecule has 0 N–H and O–H groups in total. The van der Waals surface area contributed by atoms with Gasteiger partial charge in [-0.15, -0.1) is 0 Å². The lowest BCUT2D eigenvalue weighted by Gasteiger charge is -2.16. The first-order valence-electron chi connectivity index (χ1n) is 15.1. The van der Waals surface area contributed by atoms with E-state index in [1.807, 2.05) is 13.8 Å². The van der Waals surface area contributed by atoms with E-state index in [4.69, 9.17) is 18.9 Å². The van der Waals surface area contributed by atoms with Gasteiger partial charge in [0.2, 0.25) is 0 Å². The van der Waals surface area contributed by atoms with Gasteiger partial charge in [0.15, 0.2) is 15.6 Å². The molecule has 2 heterocycles. The summed E-state index contributed by atoms with van der Waals surface area (Å²) in [6.07, 6.45) is 1.58. The van der Waals surface area contributed by atoms with Gasteiger partial charge in [0.1, 0.15) is 29.4 Å². The Balaban J connectivity index is 1.51. The first kappa shape index (κ1) is 36.6. The maximum atomic E-state index is 14.4. The molecular formula is C34H35N3O10S3. The second-order valence-electron chi connectivity index (χ2n) is 11.2. The van der Waals surface area contributed by atoms with Crippen LogP contribution in [-0.4, -0.2) is 75.0 Å². The number of aryl methyl sites for hydroxylation is 2. The molecule has 0 bridgehead atoms. The average Bonchev–Trinajstić information content (AvgIpc) is 3.49. The third kappa shape index (κ3) is 7.28. The highest BCUT2D eigenvalue weighted by molar-refractivity contribution is 7.93. The molecule has 1 atom stereocenters. The van der Waals surface area contributed by atoms with E-state index in [1.54, 1.807) is 31.3 Å². The molecule has 50 heavy (non-hydrogen) atoms. The minimum atomic E-state index is -4.59. The highest BCUT2D eigenvalue weighted by Gasteiger charge is 2.33. The first-order chi connectivity index (χ1) is 23.7. The van der Waals surface area contributed by atoms with Crippen molar-refractivity contribution < 1.29 is 45.1 Å². The summed E-state index contributed by atoms with van der Waals surface area (Å²) in [6.45, 7) is 4.93. The molecule has 264 valence electrons. The number of sulfone groups is 1. The number of ether oxygens (including phenoxy) is 4. The highest BCUT2D eigenvalue weighted by Crippen LogP contribution is 2.33. The van der Waals surface area contributed by atoms with E-state index in [2.05, 4.69) is 9.97 Å². The van der Waals surface area contributed by atoms with Crippen molar-refractivity contribution >= 4 is 48.0 Å². The molecule has 13 nitrogen and oxygen atoms in total. The second kappa shape index (κ2) is 14.7. The summed E-state index contributed by atoms with van der Waals surface area (Å²) in [7, 11) is -4.10. The summed E-state index contributed by atoms with van der Waals surface area (Å²) in [5.41, 5.74) is 2.80. The second-order valence-corrected chi connectivity index (χ2v) is 16.4. The van der Waals surface area contributed by atoms with Crippen molar-refractivity contribution in [1.29, 1.82) is 0 Å². The molecule has 0 aliphatic rings. The van der Waals surface area contributed by atoms with Crippen molar-refractivity contribution in [2.45, 2.75) is 41.5 Å². The SMILES string of the molecule is COc1ccc2c(c1)nc([S+]([O-])Cc1ncc(C)c(OC)c1C)n2S(=O)(=O)c1ccc(OC)c(C(=O)OCCS(=O)(=O)c2ccc(C)cc2)c1. The van der Waals surface area contributed by atoms with E-state index in [9.17, 15) is 26.2 Å². The molecule has 0 saturated heterocycles. The van der Waals surface area contributed by atoms with Gasteiger partial charge in [-0.3, -0.25) is 4.98 Å². The number of esters is 1. The number of carbonyl (C=O) groups excluding carboxylic acids is 1. The number of nitrogens with zero attached hydrogens (tertiary/aromatic N) is 3. The number of fused-ring (bicyclic) bond motifs is 1. The lowest BCUT2D eigenvalue weighted by Crippen LogP contribution is -2.21. The average molecular weight is 742 g/mol. The number of rotatable bonds is 13.